The Balaban J connectivity index is 1.47. The van der Waals surface area contributed by atoms with E-state index in [1.807, 2.05) is 41.0 Å². The number of ether oxygens (including phenoxy) is 1. The maximum atomic E-state index is 13.3. The second-order valence-electron chi connectivity index (χ2n) is 9.30. The van der Waals surface area contributed by atoms with Crippen molar-refractivity contribution in [2.24, 2.45) is 5.92 Å². The summed E-state index contributed by atoms with van der Waals surface area (Å²) in [5.74, 6) is 1.04. The summed E-state index contributed by atoms with van der Waals surface area (Å²) < 4.78 is 6.27. The number of hydrogen-bond donors (Lipinski definition) is 0. The molecule has 0 unspecified atom stereocenters. The molecule has 2 aromatic rings. The van der Waals surface area contributed by atoms with Crippen LogP contribution in [0.1, 0.15) is 25.3 Å². The van der Waals surface area contributed by atoms with Gasteiger partial charge in [0, 0.05) is 63.1 Å². The third-order valence-electron chi connectivity index (χ3n) is 7.00. The SMILES string of the molecule is CC(=O)N1CCN(CC(=O)N2C[C@@H]([C@H](C)Oc3ccc(Cl)cc3)[C@@H](c3ccc(Cl)c(Cl)c3)C2)CC1. The molecule has 0 aliphatic carbocycles. The molecular weight excluding hydrogens is 509 g/mol. The Labute approximate surface area is 221 Å². The lowest BCUT2D eigenvalue weighted by Crippen LogP contribution is -2.51. The van der Waals surface area contributed by atoms with E-state index in [4.69, 9.17) is 39.5 Å². The fourth-order valence-electron chi connectivity index (χ4n) is 4.93. The minimum absolute atomic E-state index is 0.0607. The van der Waals surface area contributed by atoms with E-state index < -0.39 is 0 Å². The molecule has 0 spiro atoms. The second kappa shape index (κ2) is 11.4. The van der Waals surface area contributed by atoms with Crippen LogP contribution >= 0.6 is 34.8 Å². The highest BCUT2D eigenvalue weighted by molar-refractivity contribution is 6.42. The van der Waals surface area contributed by atoms with Crippen molar-refractivity contribution in [1.82, 2.24) is 14.7 Å². The first-order valence-electron chi connectivity index (χ1n) is 11.8. The highest BCUT2D eigenvalue weighted by atomic mass is 35.5. The smallest absolute Gasteiger partial charge is 0.236 e. The van der Waals surface area contributed by atoms with Gasteiger partial charge in [-0.3, -0.25) is 14.5 Å². The van der Waals surface area contributed by atoms with Crippen LogP contribution in [0.2, 0.25) is 15.1 Å². The maximum absolute atomic E-state index is 13.3. The molecule has 2 aromatic carbocycles. The van der Waals surface area contributed by atoms with Crippen molar-refractivity contribution < 1.29 is 14.3 Å². The van der Waals surface area contributed by atoms with Gasteiger partial charge >= 0.3 is 0 Å². The predicted octanol–water partition coefficient (Wildman–Crippen LogP) is 4.82. The zero-order valence-electron chi connectivity index (χ0n) is 19.9. The van der Waals surface area contributed by atoms with Crippen LogP contribution in [0.25, 0.3) is 0 Å². The Hall–Kier alpha value is -1.99. The highest BCUT2D eigenvalue weighted by Crippen LogP contribution is 2.38. The van der Waals surface area contributed by atoms with Gasteiger partial charge in [-0.2, -0.15) is 0 Å². The minimum Gasteiger partial charge on any atom is -0.490 e. The number of piperazine rings is 1. The van der Waals surface area contributed by atoms with Gasteiger partial charge in [0.05, 0.1) is 16.6 Å². The molecule has 35 heavy (non-hydrogen) atoms. The number of benzene rings is 2. The summed E-state index contributed by atoms with van der Waals surface area (Å²) in [6.45, 7) is 7.87. The van der Waals surface area contributed by atoms with Gasteiger partial charge in [0.2, 0.25) is 11.8 Å². The first kappa shape index (κ1) is 26.1. The highest BCUT2D eigenvalue weighted by Gasteiger charge is 2.40. The summed E-state index contributed by atoms with van der Waals surface area (Å²) >= 11 is 18.5. The molecule has 2 amide bonds. The van der Waals surface area contributed by atoms with Crippen LogP contribution in [0, 0.1) is 5.92 Å². The molecule has 0 saturated carbocycles. The van der Waals surface area contributed by atoms with E-state index in [2.05, 4.69) is 4.90 Å². The zero-order valence-corrected chi connectivity index (χ0v) is 22.2. The Bertz CT molecular complexity index is 1060. The van der Waals surface area contributed by atoms with E-state index in [0.29, 0.717) is 60.9 Å². The second-order valence-corrected chi connectivity index (χ2v) is 10.6. The van der Waals surface area contributed by atoms with Crippen LogP contribution in [-0.2, 0) is 9.59 Å². The van der Waals surface area contributed by atoms with Crippen molar-refractivity contribution in [2.45, 2.75) is 25.9 Å². The summed E-state index contributed by atoms with van der Waals surface area (Å²) in [6, 6.07) is 13.0. The number of nitrogens with zero attached hydrogens (tertiary/aromatic N) is 3. The lowest BCUT2D eigenvalue weighted by Gasteiger charge is -2.34. The van der Waals surface area contributed by atoms with E-state index >= 15 is 0 Å². The molecule has 2 saturated heterocycles. The molecule has 0 N–H and O–H groups in total. The van der Waals surface area contributed by atoms with Crippen LogP contribution in [-0.4, -0.2) is 78.4 Å². The van der Waals surface area contributed by atoms with Crippen LogP contribution in [0.5, 0.6) is 5.75 Å². The average Bonchev–Trinajstić information content (AvgIpc) is 3.28. The first-order valence-corrected chi connectivity index (χ1v) is 13.0. The van der Waals surface area contributed by atoms with Gasteiger partial charge in [-0.25, -0.2) is 0 Å². The number of hydrogen-bond acceptors (Lipinski definition) is 4. The fourth-order valence-corrected chi connectivity index (χ4v) is 5.36. The molecule has 4 rings (SSSR count). The number of amides is 2. The monoisotopic (exact) mass is 537 g/mol. The molecule has 2 aliphatic heterocycles. The number of halogens is 3. The van der Waals surface area contributed by atoms with Crippen molar-refractivity contribution in [2.75, 3.05) is 45.8 Å². The molecule has 3 atom stereocenters. The molecule has 0 aromatic heterocycles. The normalized spacial score (nSPS) is 21.7. The summed E-state index contributed by atoms with van der Waals surface area (Å²) in [6.07, 6.45) is -0.146. The number of likely N-dealkylation sites (tertiary alicyclic amines) is 1. The van der Waals surface area contributed by atoms with Gasteiger partial charge in [0.1, 0.15) is 11.9 Å². The quantitative estimate of drug-likeness (QED) is 0.529. The van der Waals surface area contributed by atoms with Gasteiger partial charge in [0.25, 0.3) is 0 Å². The van der Waals surface area contributed by atoms with E-state index in [9.17, 15) is 9.59 Å². The van der Waals surface area contributed by atoms with Crippen LogP contribution in [0.4, 0.5) is 0 Å². The van der Waals surface area contributed by atoms with Gasteiger partial charge in [-0.1, -0.05) is 40.9 Å². The molecule has 2 heterocycles. The number of carbonyl (C=O) groups excluding carboxylic acids is 2. The molecule has 2 aliphatic rings. The van der Waals surface area contributed by atoms with Crippen molar-refractivity contribution in [3.05, 3.63) is 63.1 Å². The van der Waals surface area contributed by atoms with Gasteiger partial charge < -0.3 is 14.5 Å². The van der Waals surface area contributed by atoms with E-state index in [1.54, 1.807) is 25.1 Å². The summed E-state index contributed by atoms with van der Waals surface area (Å²) in [4.78, 5) is 30.8. The zero-order chi connectivity index (χ0) is 25.1. The largest absolute Gasteiger partial charge is 0.490 e. The third-order valence-corrected chi connectivity index (χ3v) is 8.00. The summed E-state index contributed by atoms with van der Waals surface area (Å²) in [7, 11) is 0. The lowest BCUT2D eigenvalue weighted by molar-refractivity contribution is -0.133. The predicted molar refractivity (Wildman–Crippen MR) is 140 cm³/mol. The van der Waals surface area contributed by atoms with Crippen LogP contribution in [0.3, 0.4) is 0 Å². The molecular formula is C26H30Cl3N3O3. The molecule has 9 heteroatoms. The summed E-state index contributed by atoms with van der Waals surface area (Å²) in [5.41, 5.74) is 1.04. The summed E-state index contributed by atoms with van der Waals surface area (Å²) in [5, 5.41) is 1.66. The standard InChI is InChI=1S/C26H30Cl3N3O3/c1-17(35-21-6-4-20(27)5-7-21)22-14-32(15-23(22)19-3-8-24(28)25(29)13-19)26(34)16-30-9-11-31(12-10-30)18(2)33/h3-8,13,17,22-23H,9-12,14-16H2,1-2H3/t17-,22-,23+/m0/s1. The van der Waals surface area contributed by atoms with Gasteiger partial charge in [0.15, 0.2) is 0 Å². The van der Waals surface area contributed by atoms with Crippen LogP contribution in [0.15, 0.2) is 42.5 Å². The average molecular weight is 539 g/mol. The van der Waals surface area contributed by atoms with Crippen LogP contribution < -0.4 is 4.74 Å². The van der Waals surface area contributed by atoms with E-state index in [1.165, 1.54) is 0 Å². The van der Waals surface area contributed by atoms with Crippen molar-refractivity contribution >= 4 is 46.6 Å². The molecule has 2 fully saturated rings. The lowest BCUT2D eigenvalue weighted by atomic mass is 9.85. The topological polar surface area (TPSA) is 53.1 Å². The minimum atomic E-state index is -0.146. The molecule has 6 nitrogen and oxygen atoms in total. The van der Waals surface area contributed by atoms with E-state index in [-0.39, 0.29) is 29.8 Å². The van der Waals surface area contributed by atoms with Crippen molar-refractivity contribution in [1.29, 1.82) is 0 Å². The van der Waals surface area contributed by atoms with Crippen molar-refractivity contribution in [3.8, 4) is 5.75 Å². The number of carbonyl (C=O) groups is 2. The molecule has 188 valence electrons. The van der Waals surface area contributed by atoms with E-state index in [0.717, 1.165) is 11.3 Å². The fraction of sp³-hybridized carbons (Fsp3) is 0.462. The molecule has 0 radical (unpaired) electrons. The Morgan fingerprint density at radius 2 is 1.63 bits per heavy atom. The van der Waals surface area contributed by atoms with Crippen molar-refractivity contribution in [3.63, 3.8) is 0 Å². The first-order chi connectivity index (χ1) is 16.7. The molecule has 0 bridgehead atoms. The Kier molecular flexibility index (Phi) is 8.48. The van der Waals surface area contributed by atoms with Gasteiger partial charge in [-0.15, -0.1) is 0 Å². The Morgan fingerprint density at radius 3 is 2.26 bits per heavy atom. The Morgan fingerprint density at radius 1 is 0.943 bits per heavy atom. The van der Waals surface area contributed by atoms with Gasteiger partial charge in [-0.05, 0) is 48.9 Å². The maximum Gasteiger partial charge on any atom is 0.236 e. The number of rotatable bonds is 6. The third kappa shape index (κ3) is 6.42.